The van der Waals surface area contributed by atoms with Gasteiger partial charge >= 0.3 is 0 Å². The van der Waals surface area contributed by atoms with Gasteiger partial charge in [0.05, 0.1) is 12.2 Å². The zero-order valence-corrected chi connectivity index (χ0v) is 10.7. The maximum Gasteiger partial charge on any atom is 0.258 e. The zero-order valence-electron chi connectivity index (χ0n) is 10.7. The Morgan fingerprint density at radius 1 is 1.47 bits per heavy atom. The van der Waals surface area contributed by atoms with Gasteiger partial charge in [-0.2, -0.15) is 4.52 Å². The number of aromatic nitrogens is 4. The van der Waals surface area contributed by atoms with E-state index < -0.39 is 0 Å². The lowest BCUT2D eigenvalue weighted by Gasteiger charge is -2.26. The highest BCUT2D eigenvalue weighted by Gasteiger charge is 2.25. The second kappa shape index (κ2) is 4.93. The van der Waals surface area contributed by atoms with Gasteiger partial charge in [0, 0.05) is 25.4 Å². The number of nitrogens with zero attached hydrogens (tertiary/aromatic N) is 5. The zero-order chi connectivity index (χ0) is 13.2. The van der Waals surface area contributed by atoms with Crippen molar-refractivity contribution in [3.05, 3.63) is 23.9 Å². The molecule has 19 heavy (non-hydrogen) atoms. The highest BCUT2D eigenvalue weighted by Crippen LogP contribution is 2.15. The van der Waals surface area contributed by atoms with E-state index in [0.717, 1.165) is 6.42 Å². The van der Waals surface area contributed by atoms with Crippen molar-refractivity contribution >= 4 is 11.6 Å². The van der Waals surface area contributed by atoms with Crippen LogP contribution in [0.4, 0.5) is 0 Å². The van der Waals surface area contributed by atoms with Gasteiger partial charge in [0.2, 0.25) is 0 Å². The molecule has 7 nitrogen and oxygen atoms in total. The quantitative estimate of drug-likeness (QED) is 0.742. The smallest absolute Gasteiger partial charge is 0.258 e. The van der Waals surface area contributed by atoms with Crippen LogP contribution in [0.2, 0.25) is 0 Å². The number of hydrogen-bond acceptors (Lipinski definition) is 5. The van der Waals surface area contributed by atoms with Gasteiger partial charge in [-0.1, -0.05) is 0 Å². The van der Waals surface area contributed by atoms with Crippen molar-refractivity contribution in [1.82, 2.24) is 24.9 Å². The molecule has 0 radical (unpaired) electrons. The third kappa shape index (κ3) is 2.17. The first-order valence-corrected chi connectivity index (χ1v) is 6.33. The van der Waals surface area contributed by atoms with Gasteiger partial charge < -0.3 is 9.64 Å². The number of amides is 1. The lowest BCUT2D eigenvalue weighted by atomic mass is 10.1. The Kier molecular flexibility index (Phi) is 3.12. The number of tetrazole rings is 1. The molecular weight excluding hydrogens is 246 g/mol. The highest BCUT2D eigenvalue weighted by molar-refractivity contribution is 5.99. The van der Waals surface area contributed by atoms with Crippen LogP contribution in [0.25, 0.3) is 5.65 Å². The van der Waals surface area contributed by atoms with Crippen molar-refractivity contribution in [2.24, 2.45) is 0 Å². The summed E-state index contributed by atoms with van der Waals surface area (Å²) in [6.45, 7) is 3.91. The summed E-state index contributed by atoms with van der Waals surface area (Å²) < 4.78 is 6.92. The average Bonchev–Trinajstić information content (AvgIpc) is 2.80. The molecule has 7 heteroatoms. The van der Waals surface area contributed by atoms with Crippen molar-refractivity contribution in [2.75, 3.05) is 19.8 Å². The number of hydrogen-bond donors (Lipinski definition) is 0. The van der Waals surface area contributed by atoms with Crippen LogP contribution >= 0.6 is 0 Å². The van der Waals surface area contributed by atoms with Gasteiger partial charge in [0.15, 0.2) is 5.65 Å². The number of pyridine rings is 1. The van der Waals surface area contributed by atoms with E-state index in [-0.39, 0.29) is 11.9 Å². The van der Waals surface area contributed by atoms with Crippen LogP contribution < -0.4 is 0 Å². The van der Waals surface area contributed by atoms with Gasteiger partial charge in [0.1, 0.15) is 0 Å². The molecule has 1 amide bonds. The van der Waals surface area contributed by atoms with Crippen LogP contribution in [0.1, 0.15) is 23.7 Å². The molecule has 0 saturated carbocycles. The fourth-order valence-corrected chi connectivity index (χ4v) is 2.29. The molecule has 0 aliphatic carbocycles. The largest absolute Gasteiger partial charge is 0.380 e. The van der Waals surface area contributed by atoms with Crippen LogP contribution in [0.15, 0.2) is 18.3 Å². The third-order valence-electron chi connectivity index (χ3n) is 3.40. The first-order chi connectivity index (χ1) is 9.27. The summed E-state index contributed by atoms with van der Waals surface area (Å²) in [5.74, 6) is -0.0431. The Bertz CT molecular complexity index is 597. The minimum atomic E-state index is -0.0431. The summed E-state index contributed by atoms with van der Waals surface area (Å²) in [6, 6.07) is 3.69. The Morgan fingerprint density at radius 2 is 2.37 bits per heavy atom. The van der Waals surface area contributed by atoms with E-state index in [1.807, 2.05) is 11.8 Å². The number of fused-ring (bicyclic) bond motifs is 1. The minimum absolute atomic E-state index is 0.0431. The van der Waals surface area contributed by atoms with Gasteiger partial charge in [-0.15, -0.1) is 5.10 Å². The summed E-state index contributed by atoms with van der Waals surface area (Å²) in [5.41, 5.74) is 1.02. The van der Waals surface area contributed by atoms with E-state index in [1.165, 1.54) is 4.52 Å². The van der Waals surface area contributed by atoms with E-state index in [1.54, 1.807) is 18.3 Å². The molecule has 100 valence electrons. The lowest BCUT2D eigenvalue weighted by Crippen LogP contribution is -2.39. The first kappa shape index (κ1) is 12.0. The molecule has 2 aromatic rings. The van der Waals surface area contributed by atoms with E-state index in [0.29, 0.717) is 31.0 Å². The second-order valence-electron chi connectivity index (χ2n) is 4.62. The van der Waals surface area contributed by atoms with E-state index in [9.17, 15) is 4.79 Å². The van der Waals surface area contributed by atoms with Crippen LogP contribution in [0.3, 0.4) is 0 Å². The third-order valence-corrected chi connectivity index (χ3v) is 3.40. The molecule has 1 aliphatic heterocycles. The second-order valence-corrected chi connectivity index (χ2v) is 4.62. The minimum Gasteiger partial charge on any atom is -0.380 e. The molecule has 1 unspecified atom stereocenters. The van der Waals surface area contributed by atoms with E-state index in [4.69, 9.17) is 4.74 Å². The Balaban J connectivity index is 1.96. The Labute approximate surface area is 110 Å². The first-order valence-electron chi connectivity index (χ1n) is 6.33. The van der Waals surface area contributed by atoms with Crippen LogP contribution in [0, 0.1) is 0 Å². The predicted molar refractivity (Wildman–Crippen MR) is 66.7 cm³/mol. The normalized spacial score (nSPS) is 20.5. The molecule has 0 bridgehead atoms. The van der Waals surface area contributed by atoms with Gasteiger partial charge in [-0.05, 0) is 35.9 Å². The standard InChI is InChI=1S/C12H15N5O2/c1-9-4-7-19-8-6-16(9)12(18)10-3-2-5-17-11(10)13-14-15-17/h2-3,5,9H,4,6-8H2,1H3. The van der Waals surface area contributed by atoms with Gasteiger partial charge in [-0.25, -0.2) is 0 Å². The maximum atomic E-state index is 12.6. The summed E-state index contributed by atoms with van der Waals surface area (Å²) >= 11 is 0. The summed E-state index contributed by atoms with van der Waals surface area (Å²) in [4.78, 5) is 14.5. The number of carbonyl (C=O) groups excluding carboxylic acids is 1. The molecular formula is C12H15N5O2. The average molecular weight is 261 g/mol. The van der Waals surface area contributed by atoms with Gasteiger partial charge in [0.25, 0.3) is 5.91 Å². The maximum absolute atomic E-state index is 12.6. The SMILES string of the molecule is CC1CCOCCN1C(=O)c1cccn2nnnc12. The highest BCUT2D eigenvalue weighted by atomic mass is 16.5. The summed E-state index contributed by atoms with van der Waals surface area (Å²) in [5, 5.41) is 11.3. The van der Waals surface area contributed by atoms with Crippen LogP contribution in [0.5, 0.6) is 0 Å². The summed E-state index contributed by atoms with van der Waals surface area (Å²) in [7, 11) is 0. The monoisotopic (exact) mass is 261 g/mol. The van der Waals surface area contributed by atoms with Gasteiger partial charge in [-0.3, -0.25) is 4.79 Å². The number of rotatable bonds is 1. The Hall–Kier alpha value is -2.02. The van der Waals surface area contributed by atoms with Crippen LogP contribution in [-0.4, -0.2) is 56.6 Å². The van der Waals surface area contributed by atoms with Crippen molar-refractivity contribution in [3.63, 3.8) is 0 Å². The fraction of sp³-hybridized carbons (Fsp3) is 0.500. The molecule has 1 fully saturated rings. The molecule has 1 atom stereocenters. The summed E-state index contributed by atoms with van der Waals surface area (Å²) in [6.07, 6.45) is 2.57. The van der Waals surface area contributed by atoms with Crippen molar-refractivity contribution < 1.29 is 9.53 Å². The van der Waals surface area contributed by atoms with Crippen LogP contribution in [-0.2, 0) is 4.74 Å². The number of ether oxygens (including phenoxy) is 1. The fourth-order valence-electron chi connectivity index (χ4n) is 2.29. The molecule has 3 rings (SSSR count). The van der Waals surface area contributed by atoms with E-state index >= 15 is 0 Å². The molecule has 1 aliphatic rings. The van der Waals surface area contributed by atoms with E-state index in [2.05, 4.69) is 15.5 Å². The van der Waals surface area contributed by atoms with Crippen molar-refractivity contribution in [3.8, 4) is 0 Å². The molecule has 1 saturated heterocycles. The molecule has 2 aromatic heterocycles. The molecule has 0 aromatic carbocycles. The van der Waals surface area contributed by atoms with Crippen molar-refractivity contribution in [2.45, 2.75) is 19.4 Å². The topological polar surface area (TPSA) is 72.6 Å². The van der Waals surface area contributed by atoms with Crippen molar-refractivity contribution in [1.29, 1.82) is 0 Å². The molecule has 0 N–H and O–H groups in total. The molecule has 3 heterocycles. The lowest BCUT2D eigenvalue weighted by molar-refractivity contribution is 0.0688. The number of carbonyl (C=O) groups is 1. The predicted octanol–water partition coefficient (Wildman–Crippen LogP) is 0.375. The molecule has 0 spiro atoms. The Morgan fingerprint density at radius 3 is 3.26 bits per heavy atom.